The minimum atomic E-state index is -2.50. The van der Waals surface area contributed by atoms with Crippen LogP contribution in [0.4, 0.5) is 0 Å². The second-order valence-corrected chi connectivity index (χ2v) is 18.5. The van der Waals surface area contributed by atoms with Gasteiger partial charge in [-0.2, -0.15) is 0 Å². The summed E-state index contributed by atoms with van der Waals surface area (Å²) in [5.74, 6) is -6.73. The fourth-order valence-electron chi connectivity index (χ4n) is 10.1. The molecule has 1 aromatic heterocycles. The first kappa shape index (κ1) is 49.7. The van der Waals surface area contributed by atoms with E-state index in [-0.39, 0.29) is 55.6 Å². The number of hydrogen-bond donors (Lipinski definition) is 3. The zero-order valence-corrected chi connectivity index (χ0v) is 38.4. The number of rotatable bonds is 9. The van der Waals surface area contributed by atoms with Gasteiger partial charge in [0.1, 0.15) is 36.5 Å². The van der Waals surface area contributed by atoms with Crippen molar-refractivity contribution in [1.29, 1.82) is 0 Å². The van der Waals surface area contributed by atoms with E-state index in [1.165, 1.54) is 19.1 Å². The Bertz CT molecular complexity index is 1720. The fourth-order valence-corrected chi connectivity index (χ4v) is 10.1. The highest BCUT2D eigenvalue weighted by Crippen LogP contribution is 2.39. The molecule has 0 spiro atoms. The molecule has 2 saturated heterocycles. The number of allylic oxidation sites excluding steroid dienone is 3. The second-order valence-electron chi connectivity index (χ2n) is 18.5. The number of amides is 1. The Labute approximate surface area is 367 Å². The van der Waals surface area contributed by atoms with Gasteiger partial charge in [-0.15, -0.1) is 0 Å². The van der Waals surface area contributed by atoms with Crippen molar-refractivity contribution in [1.82, 2.24) is 14.9 Å². The van der Waals surface area contributed by atoms with Crippen LogP contribution in [0.3, 0.4) is 0 Å². The lowest BCUT2D eigenvalue weighted by molar-refractivity contribution is -0.302. The van der Waals surface area contributed by atoms with Crippen LogP contribution in [0.5, 0.6) is 0 Å². The van der Waals surface area contributed by atoms with E-state index in [4.69, 9.17) is 28.4 Å². The van der Waals surface area contributed by atoms with Crippen molar-refractivity contribution >= 4 is 23.4 Å². The topological polar surface area (TPSA) is 196 Å². The molecule has 1 unspecified atom stereocenters. The van der Waals surface area contributed by atoms with Crippen molar-refractivity contribution in [2.24, 2.45) is 29.6 Å². The maximum atomic E-state index is 14.5. The summed E-state index contributed by atoms with van der Waals surface area (Å²) in [7, 11) is 4.73. The van der Waals surface area contributed by atoms with Crippen LogP contribution in [-0.4, -0.2) is 131 Å². The van der Waals surface area contributed by atoms with Gasteiger partial charge in [0.15, 0.2) is 0 Å². The lowest BCUT2D eigenvalue weighted by Gasteiger charge is -2.47. The van der Waals surface area contributed by atoms with E-state index in [1.54, 1.807) is 33.4 Å². The summed E-state index contributed by atoms with van der Waals surface area (Å²) in [6.07, 6.45) is 8.16. The minimum Gasteiger partial charge on any atom is -0.456 e. The second kappa shape index (κ2) is 22.5. The smallest absolute Gasteiger partial charge is 0.329 e. The van der Waals surface area contributed by atoms with Crippen LogP contribution in [0.15, 0.2) is 35.7 Å². The minimum absolute atomic E-state index is 0.0287. The third-order valence-electron chi connectivity index (χ3n) is 13.9. The highest BCUT2D eigenvalue weighted by atomic mass is 16.7. The number of aromatic amines is 1. The summed E-state index contributed by atoms with van der Waals surface area (Å²) in [5.41, 5.74) is 1.69. The molecule has 5 rings (SSSR count). The van der Waals surface area contributed by atoms with Crippen LogP contribution in [0, 0.1) is 29.6 Å². The van der Waals surface area contributed by atoms with Crippen molar-refractivity contribution in [2.75, 3.05) is 27.9 Å². The van der Waals surface area contributed by atoms with Crippen molar-refractivity contribution in [3.05, 3.63) is 41.5 Å². The number of carbonyl (C=O) groups is 4. The molecule has 0 aromatic carbocycles. The summed E-state index contributed by atoms with van der Waals surface area (Å²) < 4.78 is 36.5. The maximum absolute atomic E-state index is 14.5. The molecule has 1 amide bonds. The van der Waals surface area contributed by atoms with Crippen LogP contribution >= 0.6 is 0 Å². The lowest BCUT2D eigenvalue weighted by atomic mass is 9.81. The monoisotopic (exact) mass is 872 g/mol. The molecule has 62 heavy (non-hydrogen) atoms. The molecular formula is C47H73N3O12. The number of methoxy groups -OCH3 is 3. The third kappa shape index (κ3) is 11.9. The Hall–Kier alpha value is -3.31. The number of Topliss-reactive ketones (excluding diaryl/α,β-unsaturated/α-hetero) is 2. The predicted octanol–water partition coefficient (Wildman–Crippen LogP) is 5.42. The Kier molecular flexibility index (Phi) is 18.1. The summed E-state index contributed by atoms with van der Waals surface area (Å²) >= 11 is 0. The average Bonchev–Trinajstić information content (AvgIpc) is 3.79. The fraction of sp³-hybridized carbons (Fsp3) is 0.766. The number of carbonyl (C=O) groups excluding carboxylic acids is 4. The van der Waals surface area contributed by atoms with Crippen molar-refractivity contribution in [2.45, 2.75) is 173 Å². The quantitative estimate of drug-likeness (QED) is 0.162. The first-order valence-corrected chi connectivity index (χ1v) is 22.8. The van der Waals surface area contributed by atoms with Crippen molar-refractivity contribution < 1.29 is 57.8 Å². The van der Waals surface area contributed by atoms with Gasteiger partial charge in [-0.1, -0.05) is 45.4 Å². The predicted molar refractivity (Wildman–Crippen MR) is 229 cm³/mol. The number of hydrogen-bond acceptors (Lipinski definition) is 13. The Morgan fingerprint density at radius 2 is 1.68 bits per heavy atom. The van der Waals surface area contributed by atoms with E-state index in [2.05, 4.69) is 23.0 Å². The molecule has 348 valence electrons. The van der Waals surface area contributed by atoms with E-state index in [1.807, 2.05) is 26.8 Å². The molecule has 1 aliphatic carbocycles. The van der Waals surface area contributed by atoms with Crippen molar-refractivity contribution in [3.63, 3.8) is 0 Å². The zero-order valence-electron chi connectivity index (χ0n) is 38.4. The first-order valence-electron chi connectivity index (χ1n) is 22.8. The van der Waals surface area contributed by atoms with Crippen LogP contribution < -0.4 is 0 Å². The van der Waals surface area contributed by atoms with Crippen LogP contribution in [0.25, 0.3) is 0 Å². The number of esters is 1. The number of imidazole rings is 1. The number of ketones is 2. The summed E-state index contributed by atoms with van der Waals surface area (Å²) in [6.45, 7) is 11.7. The van der Waals surface area contributed by atoms with Gasteiger partial charge in [-0.25, -0.2) is 9.78 Å². The molecule has 1 aromatic rings. The molecule has 4 aliphatic rings. The molecule has 1 saturated carbocycles. The van der Waals surface area contributed by atoms with Crippen molar-refractivity contribution in [3.8, 4) is 0 Å². The summed E-state index contributed by atoms with van der Waals surface area (Å²) in [6, 6.07) is -1.13. The number of aliphatic hydroxyl groups is 2. The van der Waals surface area contributed by atoms with E-state index in [9.17, 15) is 29.4 Å². The Morgan fingerprint density at radius 3 is 2.34 bits per heavy atom. The lowest BCUT2D eigenvalue weighted by Crippen LogP contribution is -2.64. The van der Waals surface area contributed by atoms with Gasteiger partial charge in [-0.3, -0.25) is 14.4 Å². The Balaban J connectivity index is 1.48. The highest BCUT2D eigenvalue weighted by molar-refractivity contribution is 6.39. The third-order valence-corrected chi connectivity index (χ3v) is 13.9. The summed E-state index contributed by atoms with van der Waals surface area (Å²) in [5, 5.41) is 23.9. The number of H-pyrrole nitrogens is 1. The molecule has 15 nitrogen and oxygen atoms in total. The van der Waals surface area contributed by atoms with Gasteiger partial charge in [-0.05, 0) is 95.5 Å². The van der Waals surface area contributed by atoms with E-state index < -0.39 is 77.8 Å². The van der Waals surface area contributed by atoms with Crippen LogP contribution in [0.2, 0.25) is 0 Å². The van der Waals surface area contributed by atoms with E-state index >= 15 is 0 Å². The molecule has 3 fully saturated rings. The number of ether oxygens (including phenoxy) is 6. The molecular weight excluding hydrogens is 799 g/mol. The molecule has 4 heterocycles. The number of aromatic nitrogens is 2. The number of aliphatic hydroxyl groups excluding tert-OH is 1. The maximum Gasteiger partial charge on any atom is 0.329 e. The van der Waals surface area contributed by atoms with E-state index in [0.717, 1.165) is 24.2 Å². The first-order chi connectivity index (χ1) is 29.5. The van der Waals surface area contributed by atoms with Crippen LogP contribution in [0.1, 0.15) is 118 Å². The van der Waals surface area contributed by atoms with Gasteiger partial charge in [0.05, 0.1) is 30.5 Å². The molecule has 0 radical (unpaired) electrons. The number of cyclic esters (lactones) is 1. The average molecular weight is 872 g/mol. The molecule has 3 N–H and O–H groups in total. The van der Waals surface area contributed by atoms with Crippen LogP contribution in [-0.2, 0) is 54.2 Å². The molecule has 14 atom stereocenters. The number of piperidine rings is 1. The molecule has 15 heteroatoms. The standard InChI is InChI=1S/C47H73N3O12/c1-10-33-20-27(2)19-28(3)21-39(58-8)43-40(59-9)23-30(5)47(56,62-43)44(53)45(54)50-18-12-11-13-34(50)46(55)61-42(31(6)35(51)25-36(33)52)29(4)22-32-14-15-37(38(24-32)57-7)60-26-41-48-16-17-49-41/h16-17,20,22,28,30-35,37-40,42-43,51,56H,10-15,18-19,21,23-26H2,1-9H3,(H,48,49)/b27-20+,29-22+/t28-,30+,31+,32-,33?,34-,35-,37+,38+,39-,40-,42+,43+,47+/m0/s1. The van der Waals surface area contributed by atoms with Gasteiger partial charge >= 0.3 is 5.97 Å². The number of fused-ring (bicyclic) bond motifs is 3. The SMILES string of the molecule is CCC1/C=C(\C)C[C@H](C)C[C@H](OC)[C@H]2O[C@@](O)(C(=O)C(=O)N3CCCC[C@H]3C(=O)O[C@H](/C(C)=C/[C@@H]3CC[C@@H](OCc4ncc[nH]4)[C@H](OC)C3)[C@H](C)[C@@H](O)CC1=O)[C@H](C)C[C@@H]2OC. The van der Waals surface area contributed by atoms with Gasteiger partial charge in [0.2, 0.25) is 5.79 Å². The molecule has 2 bridgehead atoms. The largest absolute Gasteiger partial charge is 0.456 e. The Morgan fingerprint density at radius 1 is 0.968 bits per heavy atom. The number of nitrogens with zero attached hydrogens (tertiary/aromatic N) is 2. The van der Waals surface area contributed by atoms with Gasteiger partial charge in [0.25, 0.3) is 11.7 Å². The zero-order chi connectivity index (χ0) is 45.3. The normalized spacial score (nSPS) is 38.7. The molecule has 3 aliphatic heterocycles. The highest BCUT2D eigenvalue weighted by Gasteiger charge is 2.56. The van der Waals surface area contributed by atoms with Gasteiger partial charge < -0.3 is 48.5 Å². The van der Waals surface area contributed by atoms with Gasteiger partial charge in [0, 0.05) is 64.4 Å². The van der Waals surface area contributed by atoms with E-state index in [0.29, 0.717) is 50.7 Å². The number of nitrogens with one attached hydrogen (secondary N) is 1. The summed E-state index contributed by atoms with van der Waals surface area (Å²) in [4.78, 5) is 65.5.